The van der Waals surface area contributed by atoms with E-state index in [9.17, 15) is 9.90 Å². The van der Waals surface area contributed by atoms with E-state index < -0.39 is 6.10 Å². The summed E-state index contributed by atoms with van der Waals surface area (Å²) in [5, 5.41) is 11.2. The number of carbonyl (C=O) groups is 1. The Morgan fingerprint density at radius 3 is 2.63 bits per heavy atom. The molecule has 4 nitrogen and oxygen atoms in total. The highest BCUT2D eigenvalue weighted by atomic mass is 16.3. The van der Waals surface area contributed by atoms with E-state index in [1.165, 1.54) is 31.2 Å². The predicted molar refractivity (Wildman–Crippen MR) is 107 cm³/mol. The van der Waals surface area contributed by atoms with Gasteiger partial charge in [0.2, 0.25) is 5.91 Å². The number of hydrogen-bond acceptors (Lipinski definition) is 3. The van der Waals surface area contributed by atoms with Crippen molar-refractivity contribution >= 4 is 5.91 Å². The molecule has 4 unspecified atom stereocenters. The van der Waals surface area contributed by atoms with Crippen LogP contribution in [-0.4, -0.2) is 41.1 Å². The number of nitrogens with two attached hydrogens (primary N) is 1. The third kappa shape index (κ3) is 3.54. The van der Waals surface area contributed by atoms with E-state index in [2.05, 4.69) is 36.1 Å². The van der Waals surface area contributed by atoms with Gasteiger partial charge >= 0.3 is 0 Å². The third-order valence-electron chi connectivity index (χ3n) is 7.88. The number of rotatable bonds is 6. The van der Waals surface area contributed by atoms with Crippen LogP contribution in [0.4, 0.5) is 0 Å². The molecule has 1 amide bonds. The second-order valence-electron chi connectivity index (χ2n) is 9.18. The summed E-state index contributed by atoms with van der Waals surface area (Å²) in [6, 6.07) is 10.3. The number of hydrogen-bond donors (Lipinski definition) is 2. The second-order valence-corrected chi connectivity index (χ2v) is 9.18. The summed E-state index contributed by atoms with van der Waals surface area (Å²) in [5.41, 5.74) is 7.05. The van der Waals surface area contributed by atoms with Crippen LogP contribution in [0.2, 0.25) is 0 Å². The molecular formula is C23H34N2O2. The Kier molecular flexibility index (Phi) is 5.30. The molecule has 0 radical (unpaired) electrons. The monoisotopic (exact) mass is 370 g/mol. The molecule has 0 spiro atoms. The van der Waals surface area contributed by atoms with Crippen LogP contribution in [-0.2, 0) is 4.79 Å². The van der Waals surface area contributed by atoms with Crippen LogP contribution < -0.4 is 5.73 Å². The quantitative estimate of drug-likeness (QED) is 0.807. The molecule has 27 heavy (non-hydrogen) atoms. The number of primary amides is 1. The Morgan fingerprint density at radius 1 is 1.26 bits per heavy atom. The normalized spacial score (nSPS) is 37.4. The molecule has 3 aliphatic rings. The van der Waals surface area contributed by atoms with Gasteiger partial charge in [-0.15, -0.1) is 0 Å². The van der Waals surface area contributed by atoms with E-state index in [4.69, 9.17) is 5.73 Å². The van der Waals surface area contributed by atoms with Crippen molar-refractivity contribution in [3.05, 3.63) is 35.9 Å². The minimum absolute atomic E-state index is 0.0486. The first-order valence-corrected chi connectivity index (χ1v) is 10.8. The number of benzene rings is 1. The van der Waals surface area contributed by atoms with Crippen LogP contribution in [0.15, 0.2) is 30.3 Å². The summed E-state index contributed by atoms with van der Waals surface area (Å²) in [7, 11) is 0. The fraction of sp³-hybridized carbons (Fsp3) is 0.696. The highest BCUT2D eigenvalue weighted by molar-refractivity contribution is 5.80. The number of β-amino-alcohol motifs (C(OH)–C–C–N with tert-alkyl or cyclic N) is 1. The lowest BCUT2D eigenvalue weighted by molar-refractivity contribution is -0.128. The zero-order valence-corrected chi connectivity index (χ0v) is 16.5. The summed E-state index contributed by atoms with van der Waals surface area (Å²) >= 11 is 0. The minimum Gasteiger partial charge on any atom is -0.391 e. The molecule has 1 saturated heterocycles. The van der Waals surface area contributed by atoms with Gasteiger partial charge in [-0.05, 0) is 49.0 Å². The molecule has 1 heterocycles. The zero-order valence-electron chi connectivity index (χ0n) is 16.5. The molecule has 0 aromatic heterocycles. The summed E-state index contributed by atoms with van der Waals surface area (Å²) in [6.07, 6.45) is 7.56. The molecule has 3 fully saturated rings. The fourth-order valence-electron chi connectivity index (χ4n) is 6.05. The Bertz CT molecular complexity index is 664. The summed E-state index contributed by atoms with van der Waals surface area (Å²) in [6.45, 7) is 3.68. The highest BCUT2D eigenvalue weighted by Crippen LogP contribution is 2.63. The van der Waals surface area contributed by atoms with Crippen molar-refractivity contribution in [1.82, 2.24) is 4.90 Å². The number of amides is 1. The molecule has 1 aliphatic heterocycles. The van der Waals surface area contributed by atoms with Crippen molar-refractivity contribution in [2.24, 2.45) is 23.0 Å². The Labute approximate surface area is 163 Å². The van der Waals surface area contributed by atoms with Crippen LogP contribution in [0.3, 0.4) is 0 Å². The molecular weight excluding hydrogens is 336 g/mol. The van der Waals surface area contributed by atoms with E-state index in [1.807, 2.05) is 6.07 Å². The number of fused-ring (bicyclic) bond motifs is 1. The van der Waals surface area contributed by atoms with Crippen LogP contribution >= 0.6 is 0 Å². The van der Waals surface area contributed by atoms with Gasteiger partial charge in [0.15, 0.2) is 0 Å². The number of aliphatic hydroxyl groups excluding tert-OH is 1. The molecule has 4 rings (SSSR count). The maximum absolute atomic E-state index is 12.1. The van der Waals surface area contributed by atoms with Gasteiger partial charge in [-0.25, -0.2) is 0 Å². The van der Waals surface area contributed by atoms with Gasteiger partial charge in [0.05, 0.1) is 12.1 Å². The topological polar surface area (TPSA) is 66.6 Å². The molecule has 0 bridgehead atoms. The van der Waals surface area contributed by atoms with Gasteiger partial charge in [-0.2, -0.15) is 0 Å². The molecule has 2 saturated carbocycles. The standard InChI is InChI=1S/C23H34N2O2/c1-2-23(13-19(23)16-8-4-3-5-9-16)21(26)15-25-14-18-11-7-6-10-17(18)12-20(25)22(24)27/h3-5,8-9,17-21,26H,2,6-7,10-15H2,1H3,(H2,24,27)/t17?,18?,19?,20-,21+,23?/m0/s1. The van der Waals surface area contributed by atoms with Crippen LogP contribution in [0, 0.1) is 17.3 Å². The van der Waals surface area contributed by atoms with Gasteiger partial charge in [-0.3, -0.25) is 9.69 Å². The number of nitrogens with zero attached hydrogens (tertiary/aromatic N) is 1. The predicted octanol–water partition coefficient (Wildman–Crippen LogP) is 3.30. The zero-order chi connectivity index (χ0) is 19.0. The molecule has 4 heteroatoms. The first-order chi connectivity index (χ1) is 13.0. The van der Waals surface area contributed by atoms with Gasteiger partial charge in [0, 0.05) is 18.5 Å². The molecule has 1 aromatic rings. The highest BCUT2D eigenvalue weighted by Gasteiger charge is 2.58. The average Bonchev–Trinajstić information content (AvgIpc) is 3.44. The summed E-state index contributed by atoms with van der Waals surface area (Å²) in [4.78, 5) is 14.4. The summed E-state index contributed by atoms with van der Waals surface area (Å²) in [5.74, 6) is 1.52. The lowest BCUT2D eigenvalue weighted by atomic mass is 9.72. The third-order valence-corrected chi connectivity index (χ3v) is 7.88. The number of carbonyl (C=O) groups excluding carboxylic acids is 1. The van der Waals surface area contributed by atoms with Crippen molar-refractivity contribution in [2.75, 3.05) is 13.1 Å². The Balaban J connectivity index is 1.47. The fourth-order valence-corrected chi connectivity index (χ4v) is 6.05. The van der Waals surface area contributed by atoms with Crippen molar-refractivity contribution < 1.29 is 9.90 Å². The van der Waals surface area contributed by atoms with Crippen molar-refractivity contribution in [3.63, 3.8) is 0 Å². The van der Waals surface area contributed by atoms with Gasteiger partial charge in [0.1, 0.15) is 0 Å². The Hall–Kier alpha value is -1.39. The molecule has 2 aliphatic carbocycles. The molecule has 3 N–H and O–H groups in total. The van der Waals surface area contributed by atoms with E-state index in [-0.39, 0.29) is 17.4 Å². The van der Waals surface area contributed by atoms with Crippen molar-refractivity contribution in [2.45, 2.75) is 69.9 Å². The van der Waals surface area contributed by atoms with Gasteiger partial charge in [-0.1, -0.05) is 56.5 Å². The maximum Gasteiger partial charge on any atom is 0.234 e. The molecule has 6 atom stereocenters. The van der Waals surface area contributed by atoms with Crippen molar-refractivity contribution in [1.29, 1.82) is 0 Å². The summed E-state index contributed by atoms with van der Waals surface area (Å²) < 4.78 is 0. The average molecular weight is 371 g/mol. The number of aliphatic hydroxyl groups is 1. The first-order valence-electron chi connectivity index (χ1n) is 10.8. The smallest absolute Gasteiger partial charge is 0.234 e. The molecule has 1 aromatic carbocycles. The van der Waals surface area contributed by atoms with Gasteiger partial charge in [0.25, 0.3) is 0 Å². The minimum atomic E-state index is -0.408. The lowest BCUT2D eigenvalue weighted by Gasteiger charge is -2.46. The van der Waals surface area contributed by atoms with Crippen LogP contribution in [0.25, 0.3) is 0 Å². The number of piperidine rings is 1. The second kappa shape index (κ2) is 7.56. The molecule has 148 valence electrons. The SMILES string of the molecule is CCC1([C@H](O)CN2CC3CCCCC3C[C@H]2C(N)=O)CC1c1ccccc1. The van der Waals surface area contributed by atoms with Crippen molar-refractivity contribution in [3.8, 4) is 0 Å². The van der Waals surface area contributed by atoms with Crippen LogP contribution in [0.5, 0.6) is 0 Å². The maximum atomic E-state index is 12.1. The van der Waals surface area contributed by atoms with E-state index in [0.29, 0.717) is 24.3 Å². The lowest BCUT2D eigenvalue weighted by Crippen LogP contribution is -2.56. The Morgan fingerprint density at radius 2 is 1.96 bits per heavy atom. The number of likely N-dealkylation sites (tertiary alicyclic amines) is 1. The van der Waals surface area contributed by atoms with E-state index in [1.54, 1.807) is 0 Å². The first kappa shape index (κ1) is 18.9. The van der Waals surface area contributed by atoms with Crippen LogP contribution in [0.1, 0.15) is 63.4 Å². The van der Waals surface area contributed by atoms with E-state index in [0.717, 1.165) is 25.8 Å². The van der Waals surface area contributed by atoms with Gasteiger partial charge < -0.3 is 10.8 Å². The largest absolute Gasteiger partial charge is 0.391 e. The van der Waals surface area contributed by atoms with E-state index >= 15 is 0 Å².